The van der Waals surface area contributed by atoms with Gasteiger partial charge in [-0.15, -0.1) is 0 Å². The molecular weight excluding hydrogens is 301 g/mol. The van der Waals surface area contributed by atoms with Crippen LogP contribution in [0.2, 0.25) is 5.02 Å². The van der Waals surface area contributed by atoms with Gasteiger partial charge < -0.3 is 9.30 Å². The zero-order valence-electron chi connectivity index (χ0n) is 12.5. The molecule has 22 heavy (non-hydrogen) atoms. The molecule has 2 aromatic carbocycles. The van der Waals surface area contributed by atoms with Gasteiger partial charge in [0.1, 0.15) is 18.2 Å². The third-order valence-electron chi connectivity index (χ3n) is 3.59. The summed E-state index contributed by atoms with van der Waals surface area (Å²) in [6.45, 7) is 4.58. The van der Waals surface area contributed by atoms with Crippen molar-refractivity contribution in [3.63, 3.8) is 0 Å². The van der Waals surface area contributed by atoms with Crippen LogP contribution in [-0.2, 0) is 6.61 Å². The lowest BCUT2D eigenvalue weighted by Gasteiger charge is -2.16. The summed E-state index contributed by atoms with van der Waals surface area (Å²) in [6.07, 6.45) is 0. The van der Waals surface area contributed by atoms with E-state index in [0.29, 0.717) is 12.4 Å². The highest BCUT2D eigenvalue weighted by atomic mass is 35.5. The SMILES string of the molecule is CC(C)n1c(COc2cccc(F)c2)cc2cccc(Cl)c21. The summed E-state index contributed by atoms with van der Waals surface area (Å²) >= 11 is 6.35. The molecule has 0 bridgehead atoms. The minimum Gasteiger partial charge on any atom is -0.487 e. The molecule has 0 saturated heterocycles. The first kappa shape index (κ1) is 14.9. The lowest BCUT2D eigenvalue weighted by molar-refractivity contribution is 0.291. The lowest BCUT2D eigenvalue weighted by atomic mass is 10.2. The van der Waals surface area contributed by atoms with Crippen LogP contribution < -0.4 is 4.74 Å². The maximum absolute atomic E-state index is 13.2. The van der Waals surface area contributed by atoms with Gasteiger partial charge in [0.15, 0.2) is 0 Å². The van der Waals surface area contributed by atoms with Crippen LogP contribution in [0.5, 0.6) is 5.75 Å². The van der Waals surface area contributed by atoms with E-state index >= 15 is 0 Å². The summed E-state index contributed by atoms with van der Waals surface area (Å²) in [7, 11) is 0. The number of para-hydroxylation sites is 1. The van der Waals surface area contributed by atoms with Gasteiger partial charge in [0, 0.05) is 17.5 Å². The Morgan fingerprint density at radius 2 is 1.91 bits per heavy atom. The van der Waals surface area contributed by atoms with Gasteiger partial charge in [0.2, 0.25) is 0 Å². The molecule has 0 aliphatic heterocycles. The van der Waals surface area contributed by atoms with Gasteiger partial charge >= 0.3 is 0 Å². The number of rotatable bonds is 4. The van der Waals surface area contributed by atoms with E-state index in [2.05, 4.69) is 24.5 Å². The molecule has 114 valence electrons. The van der Waals surface area contributed by atoms with Crippen molar-refractivity contribution in [1.29, 1.82) is 0 Å². The van der Waals surface area contributed by atoms with Crippen LogP contribution in [0.25, 0.3) is 10.9 Å². The Morgan fingerprint density at radius 3 is 2.64 bits per heavy atom. The molecule has 2 nitrogen and oxygen atoms in total. The maximum atomic E-state index is 13.2. The predicted octanol–water partition coefficient (Wildman–Crippen LogP) is 5.59. The number of nitrogens with zero attached hydrogens (tertiary/aromatic N) is 1. The van der Waals surface area contributed by atoms with Gasteiger partial charge in [0.05, 0.1) is 16.2 Å². The van der Waals surface area contributed by atoms with Gasteiger partial charge in [-0.2, -0.15) is 0 Å². The number of halogens is 2. The van der Waals surface area contributed by atoms with E-state index in [1.54, 1.807) is 12.1 Å². The molecule has 0 aliphatic rings. The second-order valence-corrected chi connectivity index (χ2v) is 5.93. The quantitative estimate of drug-likeness (QED) is 0.611. The highest BCUT2D eigenvalue weighted by Gasteiger charge is 2.14. The molecule has 3 rings (SSSR count). The Kier molecular flexibility index (Phi) is 4.08. The topological polar surface area (TPSA) is 14.2 Å². The van der Waals surface area contributed by atoms with Crippen molar-refractivity contribution in [2.24, 2.45) is 0 Å². The molecular formula is C18H17ClFNO. The van der Waals surface area contributed by atoms with E-state index in [0.717, 1.165) is 21.6 Å². The molecule has 0 aliphatic carbocycles. The highest BCUT2D eigenvalue weighted by molar-refractivity contribution is 6.35. The Hall–Kier alpha value is -2.00. The minimum absolute atomic E-state index is 0.253. The van der Waals surface area contributed by atoms with Crippen molar-refractivity contribution in [3.8, 4) is 5.75 Å². The summed E-state index contributed by atoms with van der Waals surface area (Å²) in [4.78, 5) is 0. The highest BCUT2D eigenvalue weighted by Crippen LogP contribution is 2.30. The van der Waals surface area contributed by atoms with Gasteiger partial charge in [-0.3, -0.25) is 0 Å². The van der Waals surface area contributed by atoms with Crippen LogP contribution >= 0.6 is 11.6 Å². The normalized spacial score (nSPS) is 11.3. The number of hydrogen-bond acceptors (Lipinski definition) is 1. The molecule has 3 aromatic rings. The van der Waals surface area contributed by atoms with Crippen LogP contribution in [0.3, 0.4) is 0 Å². The monoisotopic (exact) mass is 317 g/mol. The van der Waals surface area contributed by atoms with Gasteiger partial charge in [0.25, 0.3) is 0 Å². The van der Waals surface area contributed by atoms with Crippen molar-refractivity contribution in [2.75, 3.05) is 0 Å². The smallest absolute Gasteiger partial charge is 0.128 e. The molecule has 0 radical (unpaired) electrons. The number of hydrogen-bond donors (Lipinski definition) is 0. The number of aromatic nitrogens is 1. The molecule has 4 heteroatoms. The Balaban J connectivity index is 1.96. The fraction of sp³-hybridized carbons (Fsp3) is 0.222. The molecule has 0 fully saturated rings. The predicted molar refractivity (Wildman–Crippen MR) is 88.1 cm³/mol. The van der Waals surface area contributed by atoms with Crippen LogP contribution in [0.4, 0.5) is 4.39 Å². The third-order valence-corrected chi connectivity index (χ3v) is 3.89. The van der Waals surface area contributed by atoms with Crippen LogP contribution in [0, 0.1) is 5.82 Å². The van der Waals surface area contributed by atoms with E-state index in [1.807, 2.05) is 18.2 Å². The zero-order chi connectivity index (χ0) is 15.7. The number of fused-ring (bicyclic) bond motifs is 1. The van der Waals surface area contributed by atoms with Crippen molar-refractivity contribution < 1.29 is 9.13 Å². The van der Waals surface area contributed by atoms with Crippen LogP contribution in [0.1, 0.15) is 25.6 Å². The maximum Gasteiger partial charge on any atom is 0.128 e. The Morgan fingerprint density at radius 1 is 1.14 bits per heavy atom. The summed E-state index contributed by atoms with van der Waals surface area (Å²) < 4.78 is 21.1. The van der Waals surface area contributed by atoms with E-state index in [-0.39, 0.29) is 11.9 Å². The second kappa shape index (κ2) is 6.01. The average Bonchev–Trinajstić information content (AvgIpc) is 2.85. The minimum atomic E-state index is -0.301. The molecule has 0 unspecified atom stereocenters. The molecule has 1 heterocycles. The summed E-state index contributed by atoms with van der Waals surface area (Å²) in [5.74, 6) is 0.219. The number of ether oxygens (including phenoxy) is 1. The van der Waals surface area contributed by atoms with Gasteiger partial charge in [-0.25, -0.2) is 4.39 Å². The Labute approximate surface area is 134 Å². The van der Waals surface area contributed by atoms with E-state index < -0.39 is 0 Å². The van der Waals surface area contributed by atoms with Gasteiger partial charge in [-0.05, 0) is 38.1 Å². The fourth-order valence-electron chi connectivity index (χ4n) is 2.71. The van der Waals surface area contributed by atoms with Crippen LogP contribution in [0.15, 0.2) is 48.5 Å². The molecule has 0 saturated carbocycles. The molecule has 0 spiro atoms. The first-order valence-electron chi connectivity index (χ1n) is 7.23. The average molecular weight is 318 g/mol. The van der Waals surface area contributed by atoms with Crippen molar-refractivity contribution in [2.45, 2.75) is 26.5 Å². The summed E-state index contributed by atoms with van der Waals surface area (Å²) in [5.41, 5.74) is 2.03. The van der Waals surface area contributed by atoms with Crippen LogP contribution in [-0.4, -0.2) is 4.57 Å². The molecule has 0 amide bonds. The lowest BCUT2D eigenvalue weighted by Crippen LogP contribution is -2.08. The largest absolute Gasteiger partial charge is 0.487 e. The van der Waals surface area contributed by atoms with Crippen molar-refractivity contribution in [3.05, 3.63) is 65.1 Å². The summed E-state index contributed by atoms with van der Waals surface area (Å²) in [6, 6.07) is 14.4. The van der Waals surface area contributed by atoms with E-state index in [1.165, 1.54) is 12.1 Å². The molecule has 0 atom stereocenters. The van der Waals surface area contributed by atoms with Crippen molar-refractivity contribution >= 4 is 22.5 Å². The molecule has 1 aromatic heterocycles. The van der Waals surface area contributed by atoms with Crippen molar-refractivity contribution in [1.82, 2.24) is 4.57 Å². The zero-order valence-corrected chi connectivity index (χ0v) is 13.3. The Bertz CT molecular complexity index is 810. The van der Waals surface area contributed by atoms with E-state index in [9.17, 15) is 4.39 Å². The molecule has 0 N–H and O–H groups in total. The first-order valence-corrected chi connectivity index (χ1v) is 7.61. The summed E-state index contributed by atoms with van der Waals surface area (Å²) in [5, 5.41) is 1.81. The number of benzene rings is 2. The standard InChI is InChI=1S/C18H17ClFNO/c1-12(2)21-15(9-13-5-3-8-17(19)18(13)21)11-22-16-7-4-6-14(20)10-16/h3-10,12H,11H2,1-2H3. The fourth-order valence-corrected chi connectivity index (χ4v) is 2.98. The second-order valence-electron chi connectivity index (χ2n) is 5.52. The van der Waals surface area contributed by atoms with E-state index in [4.69, 9.17) is 16.3 Å². The van der Waals surface area contributed by atoms with Gasteiger partial charge in [-0.1, -0.05) is 29.8 Å². The first-order chi connectivity index (χ1) is 10.6. The third kappa shape index (κ3) is 2.81.